The minimum atomic E-state index is 1.19. The third-order valence-electron chi connectivity index (χ3n) is 3.66. The Morgan fingerprint density at radius 2 is 1.81 bits per heavy atom. The Kier molecular flexibility index (Phi) is 1.49. The van der Waals surface area contributed by atoms with Gasteiger partial charge in [0, 0.05) is 0 Å². The van der Waals surface area contributed by atoms with Crippen molar-refractivity contribution < 1.29 is 0 Å². The van der Waals surface area contributed by atoms with Gasteiger partial charge in [0.15, 0.2) is 0 Å². The van der Waals surface area contributed by atoms with Gasteiger partial charge in [0.25, 0.3) is 0 Å². The molecule has 3 aliphatic carbocycles. The van der Waals surface area contributed by atoms with E-state index >= 15 is 0 Å². The first-order chi connectivity index (χ1) is 7.93. The van der Waals surface area contributed by atoms with E-state index in [4.69, 9.17) is 0 Å². The van der Waals surface area contributed by atoms with Crippen LogP contribution in [0.5, 0.6) is 0 Å². The number of hydrogen-bond acceptors (Lipinski definition) is 0. The van der Waals surface area contributed by atoms with Gasteiger partial charge < -0.3 is 0 Å². The Labute approximate surface area is 94.6 Å². The Morgan fingerprint density at radius 3 is 2.81 bits per heavy atom. The van der Waals surface area contributed by atoms with E-state index in [9.17, 15) is 0 Å². The Balaban J connectivity index is 2.15. The first kappa shape index (κ1) is 8.35. The lowest BCUT2D eigenvalue weighted by molar-refractivity contribution is 0.973. The van der Waals surface area contributed by atoms with Crippen LogP contribution < -0.4 is 10.4 Å². The van der Waals surface area contributed by atoms with Crippen molar-refractivity contribution in [1.29, 1.82) is 0 Å². The Morgan fingerprint density at radius 1 is 0.875 bits per heavy atom. The maximum atomic E-state index is 2.39. The molecular formula is C16H12. The molecule has 0 heterocycles. The number of fused-ring (bicyclic) bond motifs is 3. The molecule has 76 valence electrons. The van der Waals surface area contributed by atoms with Gasteiger partial charge in [-0.25, -0.2) is 0 Å². The highest BCUT2D eigenvalue weighted by Crippen LogP contribution is 2.38. The molecule has 0 fully saturated rings. The van der Waals surface area contributed by atoms with E-state index in [-0.39, 0.29) is 0 Å². The summed E-state index contributed by atoms with van der Waals surface area (Å²) in [5.74, 6) is 0. The van der Waals surface area contributed by atoms with Crippen LogP contribution in [-0.4, -0.2) is 0 Å². The zero-order valence-electron chi connectivity index (χ0n) is 9.03. The van der Waals surface area contributed by atoms with E-state index in [2.05, 4.69) is 48.6 Å². The number of hydrogen-bond donors (Lipinski definition) is 0. The molecule has 0 unspecified atom stereocenters. The lowest BCUT2D eigenvalue weighted by atomic mass is 9.96. The van der Waals surface area contributed by atoms with Crippen molar-refractivity contribution in [2.24, 2.45) is 0 Å². The van der Waals surface area contributed by atoms with Gasteiger partial charge in [-0.3, -0.25) is 0 Å². The summed E-state index contributed by atoms with van der Waals surface area (Å²) in [6, 6.07) is 8.67. The number of rotatable bonds is 0. The summed E-state index contributed by atoms with van der Waals surface area (Å²) in [7, 11) is 0. The SMILES string of the molecule is C1=CC2=C3C=c4ccccc4=C3C=C2CC1. The van der Waals surface area contributed by atoms with E-state index in [1.165, 1.54) is 45.6 Å². The van der Waals surface area contributed by atoms with E-state index in [1.54, 1.807) is 0 Å². The van der Waals surface area contributed by atoms with Gasteiger partial charge in [0.2, 0.25) is 0 Å². The summed E-state index contributed by atoms with van der Waals surface area (Å²) >= 11 is 0. The molecular weight excluding hydrogens is 192 g/mol. The fourth-order valence-electron chi connectivity index (χ4n) is 2.89. The van der Waals surface area contributed by atoms with Crippen LogP contribution in [0.3, 0.4) is 0 Å². The second-order valence-corrected chi connectivity index (χ2v) is 4.58. The van der Waals surface area contributed by atoms with Gasteiger partial charge in [-0.2, -0.15) is 0 Å². The predicted molar refractivity (Wildman–Crippen MR) is 67.0 cm³/mol. The molecule has 0 aliphatic heterocycles. The van der Waals surface area contributed by atoms with Crippen LogP contribution in [0.25, 0.3) is 11.6 Å². The summed E-state index contributed by atoms with van der Waals surface area (Å²) in [5, 5.41) is 2.77. The Bertz CT molecular complexity index is 694. The molecule has 1 aromatic rings. The molecule has 0 heteroatoms. The molecule has 3 aliphatic rings. The molecule has 0 atom stereocenters. The summed E-state index contributed by atoms with van der Waals surface area (Å²) in [6.45, 7) is 0. The third-order valence-corrected chi connectivity index (χ3v) is 3.66. The van der Waals surface area contributed by atoms with Crippen LogP contribution in [0.4, 0.5) is 0 Å². The third kappa shape index (κ3) is 0.943. The molecule has 0 radical (unpaired) electrons. The minimum Gasteiger partial charge on any atom is -0.0836 e. The van der Waals surface area contributed by atoms with Crippen molar-refractivity contribution in [3.05, 3.63) is 69.7 Å². The molecule has 0 bridgehead atoms. The highest BCUT2D eigenvalue weighted by atomic mass is 14.3. The van der Waals surface area contributed by atoms with Crippen LogP contribution in [-0.2, 0) is 0 Å². The van der Waals surface area contributed by atoms with Crippen LogP contribution in [0.15, 0.2) is 59.2 Å². The number of allylic oxidation sites excluding steroid dienone is 6. The molecule has 1 aromatic carbocycles. The van der Waals surface area contributed by atoms with Crippen molar-refractivity contribution in [3.63, 3.8) is 0 Å². The van der Waals surface area contributed by atoms with E-state index < -0.39 is 0 Å². The van der Waals surface area contributed by atoms with E-state index in [0.29, 0.717) is 0 Å². The zero-order valence-corrected chi connectivity index (χ0v) is 9.03. The average molecular weight is 204 g/mol. The van der Waals surface area contributed by atoms with Crippen LogP contribution >= 0.6 is 0 Å². The van der Waals surface area contributed by atoms with E-state index in [0.717, 1.165) is 0 Å². The normalized spacial score (nSPS) is 20.2. The first-order valence-corrected chi connectivity index (χ1v) is 5.87. The van der Waals surface area contributed by atoms with Crippen molar-refractivity contribution >= 4 is 11.6 Å². The average Bonchev–Trinajstić information content (AvgIpc) is 2.85. The molecule has 0 spiro atoms. The van der Waals surface area contributed by atoms with Gasteiger partial charge in [-0.15, -0.1) is 0 Å². The van der Waals surface area contributed by atoms with Gasteiger partial charge in [0.1, 0.15) is 0 Å². The zero-order chi connectivity index (χ0) is 10.5. The standard InChI is InChI=1S/C16H12/c1-3-7-13-11(5-1)9-15-14-8-4-2-6-12(14)10-16(13)15/h1,3-5,7-10H,2,6H2. The molecule has 16 heavy (non-hydrogen) atoms. The largest absolute Gasteiger partial charge is 0.0836 e. The van der Waals surface area contributed by atoms with Crippen molar-refractivity contribution in [3.8, 4) is 0 Å². The fraction of sp³-hybridized carbons (Fsp3) is 0.125. The molecule has 0 N–H and O–H groups in total. The molecule has 0 saturated heterocycles. The molecule has 0 nitrogen and oxygen atoms in total. The van der Waals surface area contributed by atoms with Crippen molar-refractivity contribution in [2.45, 2.75) is 12.8 Å². The molecule has 0 aromatic heterocycles. The first-order valence-electron chi connectivity index (χ1n) is 5.87. The fourth-order valence-corrected chi connectivity index (χ4v) is 2.89. The monoisotopic (exact) mass is 204 g/mol. The molecule has 4 rings (SSSR count). The quantitative estimate of drug-likeness (QED) is 0.608. The van der Waals surface area contributed by atoms with Gasteiger partial charge >= 0.3 is 0 Å². The second-order valence-electron chi connectivity index (χ2n) is 4.58. The summed E-state index contributed by atoms with van der Waals surface area (Å²) in [6.07, 6.45) is 11.7. The molecule has 0 saturated carbocycles. The summed E-state index contributed by atoms with van der Waals surface area (Å²) in [4.78, 5) is 0. The second kappa shape index (κ2) is 2.85. The van der Waals surface area contributed by atoms with E-state index in [1.807, 2.05) is 0 Å². The number of benzene rings is 1. The summed E-state index contributed by atoms with van der Waals surface area (Å²) < 4.78 is 0. The van der Waals surface area contributed by atoms with Crippen molar-refractivity contribution in [1.82, 2.24) is 0 Å². The van der Waals surface area contributed by atoms with Crippen LogP contribution in [0.1, 0.15) is 12.8 Å². The van der Waals surface area contributed by atoms with Crippen LogP contribution in [0.2, 0.25) is 0 Å². The molecule has 0 amide bonds. The maximum absolute atomic E-state index is 2.39. The smallest absolute Gasteiger partial charge is 0.00961 e. The van der Waals surface area contributed by atoms with Crippen molar-refractivity contribution in [2.75, 3.05) is 0 Å². The Hall–Kier alpha value is -1.82. The highest BCUT2D eigenvalue weighted by molar-refractivity contribution is 5.95. The van der Waals surface area contributed by atoms with Gasteiger partial charge in [0.05, 0.1) is 0 Å². The van der Waals surface area contributed by atoms with Gasteiger partial charge in [-0.05, 0) is 57.7 Å². The lowest BCUT2D eigenvalue weighted by Gasteiger charge is -2.08. The topological polar surface area (TPSA) is 0 Å². The van der Waals surface area contributed by atoms with Gasteiger partial charge in [-0.1, -0.05) is 36.4 Å². The summed E-state index contributed by atoms with van der Waals surface area (Å²) in [5.41, 5.74) is 5.86. The maximum Gasteiger partial charge on any atom is -0.00961 e. The lowest BCUT2D eigenvalue weighted by Crippen LogP contribution is -2.21. The highest BCUT2D eigenvalue weighted by Gasteiger charge is 2.22. The van der Waals surface area contributed by atoms with Crippen LogP contribution in [0, 0.1) is 0 Å². The minimum absolute atomic E-state index is 1.19. The predicted octanol–water partition coefficient (Wildman–Crippen LogP) is 2.22.